The van der Waals surface area contributed by atoms with Gasteiger partial charge in [-0.2, -0.15) is 0 Å². The minimum Gasteiger partial charge on any atom is -0.341 e. The van der Waals surface area contributed by atoms with Crippen LogP contribution in [0.2, 0.25) is 5.02 Å². The first-order chi connectivity index (χ1) is 7.93. The monoisotopic (exact) mass is 273 g/mol. The molecule has 17 heavy (non-hydrogen) atoms. The highest BCUT2D eigenvalue weighted by Gasteiger charge is 2.23. The minimum atomic E-state index is -0.708. The number of hydrogen-bond donors (Lipinski definition) is 1. The van der Waals surface area contributed by atoms with Crippen LogP contribution in [0.25, 0.3) is 0 Å². The topological polar surface area (TPSA) is 46.2 Å². The van der Waals surface area contributed by atoms with Crippen LogP contribution in [0.3, 0.4) is 0 Å². The van der Waals surface area contributed by atoms with Gasteiger partial charge < -0.3 is 5.32 Å². The van der Waals surface area contributed by atoms with Gasteiger partial charge in [0.25, 0.3) is 5.91 Å². The second kappa shape index (κ2) is 6.03. The van der Waals surface area contributed by atoms with E-state index < -0.39 is 17.2 Å². The van der Waals surface area contributed by atoms with Crippen molar-refractivity contribution in [1.29, 1.82) is 0 Å². The average molecular weight is 274 g/mol. The van der Waals surface area contributed by atoms with E-state index in [1.165, 1.54) is 0 Å². The Labute approximate surface area is 110 Å². The van der Waals surface area contributed by atoms with Gasteiger partial charge in [-0.15, -0.1) is 0 Å². The number of nitrogens with one attached hydrogen (secondary N) is 1. The predicted molar refractivity (Wildman–Crippen MR) is 68.4 cm³/mol. The number of amides is 1. The third-order valence-electron chi connectivity index (χ3n) is 2.32. The van der Waals surface area contributed by atoms with Crippen LogP contribution in [0.5, 0.6) is 0 Å². The molecule has 1 atom stereocenters. The summed E-state index contributed by atoms with van der Waals surface area (Å²) < 4.78 is 0. The molecule has 0 bridgehead atoms. The number of carbonyl (C=O) groups is 2. The zero-order valence-electron chi connectivity index (χ0n) is 9.54. The van der Waals surface area contributed by atoms with Gasteiger partial charge in [-0.05, 0) is 29.7 Å². The molecule has 1 unspecified atom stereocenters. The summed E-state index contributed by atoms with van der Waals surface area (Å²) in [6, 6.07) is 5.93. The molecule has 0 aromatic heterocycles. The Morgan fingerprint density at radius 1 is 1.24 bits per heavy atom. The van der Waals surface area contributed by atoms with E-state index in [2.05, 4.69) is 5.32 Å². The summed E-state index contributed by atoms with van der Waals surface area (Å²) >= 11 is 11.3. The summed E-state index contributed by atoms with van der Waals surface area (Å²) in [4.78, 5) is 23.0. The second-order valence-corrected chi connectivity index (χ2v) is 4.76. The molecule has 0 aliphatic heterocycles. The number of halogens is 2. The zero-order chi connectivity index (χ0) is 13.0. The van der Waals surface area contributed by atoms with Gasteiger partial charge in [0.1, 0.15) is 6.04 Å². The van der Waals surface area contributed by atoms with Crippen molar-refractivity contribution in [3.8, 4) is 0 Å². The van der Waals surface area contributed by atoms with Crippen LogP contribution < -0.4 is 5.32 Å². The summed E-state index contributed by atoms with van der Waals surface area (Å²) in [6.45, 7) is 3.61. The fourth-order valence-electron chi connectivity index (χ4n) is 1.35. The molecule has 1 aromatic carbocycles. The fraction of sp³-hybridized carbons (Fsp3) is 0.333. The Bertz CT molecular complexity index is 432. The molecule has 1 aromatic rings. The van der Waals surface area contributed by atoms with E-state index in [0.29, 0.717) is 10.6 Å². The lowest BCUT2D eigenvalue weighted by molar-refractivity contribution is -0.114. The maximum atomic E-state index is 11.9. The Balaban J connectivity index is 2.85. The van der Waals surface area contributed by atoms with Gasteiger partial charge in [0.15, 0.2) is 0 Å². The lowest BCUT2D eigenvalue weighted by Crippen LogP contribution is -2.42. The smallest absolute Gasteiger partial charge is 0.253 e. The molecule has 0 aliphatic carbocycles. The van der Waals surface area contributed by atoms with Gasteiger partial charge in [-0.1, -0.05) is 37.6 Å². The average Bonchev–Trinajstić information content (AvgIpc) is 2.25. The van der Waals surface area contributed by atoms with Crippen molar-refractivity contribution in [1.82, 2.24) is 5.32 Å². The van der Waals surface area contributed by atoms with E-state index in [1.54, 1.807) is 38.1 Å². The number of carbonyl (C=O) groups excluding carboxylic acids is 2. The van der Waals surface area contributed by atoms with Crippen molar-refractivity contribution in [2.24, 2.45) is 5.92 Å². The van der Waals surface area contributed by atoms with Gasteiger partial charge in [0.2, 0.25) is 5.24 Å². The molecule has 0 fully saturated rings. The molecular formula is C12H13Cl2NO2. The van der Waals surface area contributed by atoms with E-state index in [0.717, 1.165) is 0 Å². The van der Waals surface area contributed by atoms with Crippen molar-refractivity contribution in [3.63, 3.8) is 0 Å². The van der Waals surface area contributed by atoms with Crippen LogP contribution in [0, 0.1) is 5.92 Å². The molecule has 5 heteroatoms. The van der Waals surface area contributed by atoms with E-state index in [9.17, 15) is 9.59 Å². The van der Waals surface area contributed by atoms with Crippen molar-refractivity contribution in [2.75, 3.05) is 0 Å². The van der Waals surface area contributed by atoms with Gasteiger partial charge in [0.05, 0.1) is 10.6 Å². The number of benzene rings is 1. The molecule has 1 amide bonds. The van der Waals surface area contributed by atoms with Crippen molar-refractivity contribution in [2.45, 2.75) is 19.9 Å². The van der Waals surface area contributed by atoms with Crippen molar-refractivity contribution in [3.05, 3.63) is 34.9 Å². The Hall–Kier alpha value is -1.06. The normalized spacial score (nSPS) is 12.3. The maximum Gasteiger partial charge on any atom is 0.253 e. The molecule has 3 nitrogen and oxygen atoms in total. The molecule has 1 N–H and O–H groups in total. The molecular weight excluding hydrogens is 261 g/mol. The Kier molecular flexibility index (Phi) is 4.97. The second-order valence-electron chi connectivity index (χ2n) is 3.98. The highest BCUT2D eigenvalue weighted by molar-refractivity contribution is 6.64. The molecule has 0 radical (unpaired) electrons. The first kappa shape index (κ1) is 14.0. The van der Waals surface area contributed by atoms with Crippen LogP contribution in [-0.2, 0) is 4.79 Å². The highest BCUT2D eigenvalue weighted by Crippen LogP contribution is 2.15. The summed E-state index contributed by atoms with van der Waals surface area (Å²) in [6.07, 6.45) is 0. The number of hydrogen-bond acceptors (Lipinski definition) is 2. The van der Waals surface area contributed by atoms with E-state index in [1.807, 2.05) is 0 Å². The van der Waals surface area contributed by atoms with Crippen molar-refractivity contribution < 1.29 is 9.59 Å². The first-order valence-corrected chi connectivity index (χ1v) is 5.93. The zero-order valence-corrected chi connectivity index (χ0v) is 11.0. The van der Waals surface area contributed by atoms with Crippen LogP contribution in [-0.4, -0.2) is 17.2 Å². The molecule has 1 rings (SSSR count). The third kappa shape index (κ3) is 3.72. The third-order valence-corrected chi connectivity index (χ3v) is 2.88. The standard InChI is InChI=1S/C12H13Cl2NO2/c1-7(2)10(11(14)16)15-12(17)8-5-3-4-6-9(8)13/h3-7,10H,1-2H3,(H,15,17). The Morgan fingerprint density at radius 3 is 2.29 bits per heavy atom. The minimum absolute atomic E-state index is 0.0774. The van der Waals surface area contributed by atoms with Crippen LogP contribution >= 0.6 is 23.2 Å². The van der Waals surface area contributed by atoms with E-state index >= 15 is 0 Å². The van der Waals surface area contributed by atoms with Gasteiger partial charge in [-0.3, -0.25) is 9.59 Å². The molecule has 0 heterocycles. The van der Waals surface area contributed by atoms with Crippen LogP contribution in [0.4, 0.5) is 0 Å². The SMILES string of the molecule is CC(C)C(NC(=O)c1ccccc1Cl)C(=O)Cl. The van der Waals surface area contributed by atoms with E-state index in [-0.39, 0.29) is 5.92 Å². The molecule has 0 saturated heterocycles. The van der Waals surface area contributed by atoms with Crippen molar-refractivity contribution >= 4 is 34.4 Å². The maximum absolute atomic E-state index is 11.9. The summed E-state index contributed by atoms with van der Waals surface area (Å²) in [7, 11) is 0. The number of rotatable bonds is 4. The summed E-state index contributed by atoms with van der Waals surface area (Å²) in [5.74, 6) is -0.477. The lowest BCUT2D eigenvalue weighted by Gasteiger charge is -2.18. The molecule has 0 aliphatic rings. The molecule has 0 saturated carbocycles. The molecule has 92 valence electrons. The molecule has 0 spiro atoms. The summed E-state index contributed by atoms with van der Waals surface area (Å²) in [5.41, 5.74) is 0.331. The van der Waals surface area contributed by atoms with Gasteiger partial charge in [0, 0.05) is 0 Å². The highest BCUT2D eigenvalue weighted by atomic mass is 35.5. The van der Waals surface area contributed by atoms with Crippen LogP contribution in [0.1, 0.15) is 24.2 Å². The largest absolute Gasteiger partial charge is 0.341 e. The first-order valence-electron chi connectivity index (χ1n) is 5.18. The van der Waals surface area contributed by atoms with Crippen LogP contribution in [0.15, 0.2) is 24.3 Å². The predicted octanol–water partition coefficient (Wildman–Crippen LogP) is 2.86. The van der Waals surface area contributed by atoms with E-state index in [4.69, 9.17) is 23.2 Å². The van der Waals surface area contributed by atoms with Gasteiger partial charge >= 0.3 is 0 Å². The fourth-order valence-corrected chi connectivity index (χ4v) is 1.88. The van der Waals surface area contributed by atoms with Gasteiger partial charge in [-0.25, -0.2) is 0 Å². The summed E-state index contributed by atoms with van der Waals surface area (Å²) in [5, 5.41) is 2.33. The lowest BCUT2D eigenvalue weighted by atomic mass is 10.1. The quantitative estimate of drug-likeness (QED) is 0.858. The Morgan fingerprint density at radius 2 is 1.82 bits per heavy atom.